The standard InChI is InChI=1S/C17H14F4N2O4S/c18-10-3-6-15(27-17(19,20)21)14(7-10)23-16(24)13-8-12(13)9-1-4-11(5-2-9)28(22,25)26/h1-7,12-13H,8H2,(H,23,24)(H2,22,25,26). The number of sulfonamides is 1. The first-order valence-corrected chi connectivity index (χ1v) is 9.47. The maximum absolute atomic E-state index is 13.4. The van der Waals surface area contributed by atoms with E-state index in [-0.39, 0.29) is 10.8 Å². The molecule has 3 rings (SSSR count). The van der Waals surface area contributed by atoms with Crippen LogP contribution in [0.25, 0.3) is 0 Å². The summed E-state index contributed by atoms with van der Waals surface area (Å²) in [4.78, 5) is 12.3. The zero-order valence-electron chi connectivity index (χ0n) is 14.0. The molecular weight excluding hydrogens is 404 g/mol. The summed E-state index contributed by atoms with van der Waals surface area (Å²) in [7, 11) is -3.84. The molecule has 1 aliphatic rings. The third-order valence-electron chi connectivity index (χ3n) is 4.19. The van der Waals surface area contributed by atoms with Crippen LogP contribution in [-0.2, 0) is 14.8 Å². The molecule has 0 bridgehead atoms. The molecule has 0 aliphatic heterocycles. The summed E-state index contributed by atoms with van der Waals surface area (Å²) >= 11 is 0. The van der Waals surface area contributed by atoms with Crippen LogP contribution >= 0.6 is 0 Å². The van der Waals surface area contributed by atoms with Gasteiger partial charge in [-0.3, -0.25) is 4.79 Å². The van der Waals surface area contributed by atoms with Crippen LogP contribution in [-0.4, -0.2) is 20.7 Å². The van der Waals surface area contributed by atoms with Gasteiger partial charge in [-0.15, -0.1) is 13.2 Å². The fourth-order valence-electron chi connectivity index (χ4n) is 2.80. The summed E-state index contributed by atoms with van der Waals surface area (Å²) in [6.07, 6.45) is -4.59. The van der Waals surface area contributed by atoms with Crippen molar-refractivity contribution < 1.29 is 35.5 Å². The van der Waals surface area contributed by atoms with E-state index in [0.717, 1.165) is 18.2 Å². The molecule has 6 nitrogen and oxygen atoms in total. The number of alkyl halides is 3. The van der Waals surface area contributed by atoms with E-state index >= 15 is 0 Å². The molecule has 3 N–H and O–H groups in total. The Morgan fingerprint density at radius 2 is 1.79 bits per heavy atom. The number of ether oxygens (including phenoxy) is 1. The van der Waals surface area contributed by atoms with Gasteiger partial charge in [0.15, 0.2) is 5.75 Å². The smallest absolute Gasteiger partial charge is 0.404 e. The van der Waals surface area contributed by atoms with Crippen molar-refractivity contribution in [2.24, 2.45) is 11.1 Å². The van der Waals surface area contributed by atoms with Crippen LogP contribution in [0.4, 0.5) is 23.2 Å². The lowest BCUT2D eigenvalue weighted by Gasteiger charge is -2.14. The number of hydrogen-bond acceptors (Lipinski definition) is 4. The van der Waals surface area contributed by atoms with Crippen molar-refractivity contribution in [2.45, 2.75) is 23.6 Å². The summed E-state index contributed by atoms with van der Waals surface area (Å²) < 4.78 is 77.0. The number of amides is 1. The van der Waals surface area contributed by atoms with Gasteiger partial charge in [0.1, 0.15) is 5.82 Å². The molecule has 2 unspecified atom stereocenters. The third-order valence-corrected chi connectivity index (χ3v) is 5.12. The predicted octanol–water partition coefficient (Wildman–Crippen LogP) is 3.11. The number of anilines is 1. The Kier molecular flexibility index (Phi) is 5.06. The first-order chi connectivity index (χ1) is 12.9. The second kappa shape index (κ2) is 7.06. The summed E-state index contributed by atoms with van der Waals surface area (Å²) in [6, 6.07) is 7.92. The lowest BCUT2D eigenvalue weighted by molar-refractivity contribution is -0.274. The van der Waals surface area contributed by atoms with Crippen molar-refractivity contribution >= 4 is 21.6 Å². The van der Waals surface area contributed by atoms with Crippen molar-refractivity contribution in [3.05, 3.63) is 53.8 Å². The molecule has 0 saturated heterocycles. The van der Waals surface area contributed by atoms with Gasteiger partial charge in [-0.25, -0.2) is 17.9 Å². The van der Waals surface area contributed by atoms with Crippen LogP contribution < -0.4 is 15.2 Å². The van der Waals surface area contributed by atoms with Gasteiger partial charge < -0.3 is 10.1 Å². The van der Waals surface area contributed by atoms with Gasteiger partial charge in [0.2, 0.25) is 15.9 Å². The summed E-state index contributed by atoms with van der Waals surface area (Å²) in [6.45, 7) is 0. The quantitative estimate of drug-likeness (QED) is 0.729. The zero-order valence-corrected chi connectivity index (χ0v) is 14.9. The van der Waals surface area contributed by atoms with Gasteiger partial charge in [0, 0.05) is 12.0 Å². The van der Waals surface area contributed by atoms with Gasteiger partial charge in [0.05, 0.1) is 10.6 Å². The zero-order chi connectivity index (χ0) is 20.7. The number of benzene rings is 2. The molecule has 150 valence electrons. The Hall–Kier alpha value is -2.66. The van der Waals surface area contributed by atoms with Crippen molar-refractivity contribution in [3.63, 3.8) is 0 Å². The molecule has 0 heterocycles. The Labute approximate surface area is 157 Å². The Morgan fingerprint density at radius 3 is 2.36 bits per heavy atom. The molecule has 2 aromatic rings. The topological polar surface area (TPSA) is 98.5 Å². The van der Waals surface area contributed by atoms with E-state index in [1.807, 2.05) is 0 Å². The molecule has 0 spiro atoms. The van der Waals surface area contributed by atoms with Crippen LogP contribution in [0.2, 0.25) is 0 Å². The minimum absolute atomic E-state index is 0.0772. The van der Waals surface area contributed by atoms with Gasteiger partial charge in [-0.1, -0.05) is 12.1 Å². The first kappa shape index (κ1) is 20.1. The third kappa shape index (κ3) is 4.78. The molecule has 1 fully saturated rings. The molecule has 1 saturated carbocycles. The van der Waals surface area contributed by atoms with Crippen LogP contribution in [0.3, 0.4) is 0 Å². The number of carbonyl (C=O) groups is 1. The average Bonchev–Trinajstić information content (AvgIpc) is 3.36. The van der Waals surface area contributed by atoms with E-state index in [1.54, 1.807) is 0 Å². The van der Waals surface area contributed by atoms with Gasteiger partial charge in [-0.2, -0.15) is 0 Å². The van der Waals surface area contributed by atoms with E-state index in [1.165, 1.54) is 24.3 Å². The van der Waals surface area contributed by atoms with Gasteiger partial charge >= 0.3 is 6.36 Å². The Balaban J connectivity index is 1.71. The van der Waals surface area contributed by atoms with Crippen LogP contribution in [0, 0.1) is 11.7 Å². The van der Waals surface area contributed by atoms with E-state index in [2.05, 4.69) is 10.1 Å². The minimum atomic E-state index is -5.00. The number of halogens is 4. The SMILES string of the molecule is NS(=O)(=O)c1ccc(C2CC2C(=O)Nc2cc(F)ccc2OC(F)(F)F)cc1. The number of nitrogens with one attached hydrogen (secondary N) is 1. The summed E-state index contributed by atoms with van der Waals surface area (Å²) in [5.41, 5.74) is 0.246. The molecule has 0 aromatic heterocycles. The average molecular weight is 418 g/mol. The molecule has 1 amide bonds. The van der Waals surface area contributed by atoms with Gasteiger partial charge in [-0.05, 0) is 42.2 Å². The number of nitrogens with two attached hydrogens (primary N) is 1. The monoisotopic (exact) mass is 418 g/mol. The van der Waals surface area contributed by atoms with Crippen LogP contribution in [0.5, 0.6) is 5.75 Å². The molecule has 2 aromatic carbocycles. The maximum atomic E-state index is 13.4. The highest BCUT2D eigenvalue weighted by Gasteiger charge is 2.44. The second-order valence-corrected chi connectivity index (χ2v) is 7.80. The Bertz CT molecular complexity index is 1010. The molecule has 11 heteroatoms. The lowest BCUT2D eigenvalue weighted by atomic mass is 10.1. The molecular formula is C17H14F4N2O4S. The highest BCUT2D eigenvalue weighted by molar-refractivity contribution is 7.89. The highest BCUT2D eigenvalue weighted by atomic mass is 32.2. The van der Waals surface area contributed by atoms with Crippen molar-refractivity contribution in [3.8, 4) is 5.75 Å². The van der Waals surface area contributed by atoms with Crippen molar-refractivity contribution in [1.29, 1.82) is 0 Å². The van der Waals surface area contributed by atoms with Crippen LogP contribution in [0.1, 0.15) is 17.9 Å². The molecule has 28 heavy (non-hydrogen) atoms. The normalized spacial score (nSPS) is 19.2. The first-order valence-electron chi connectivity index (χ1n) is 7.93. The molecule has 1 aliphatic carbocycles. The molecule has 0 radical (unpaired) electrons. The van der Waals surface area contributed by atoms with E-state index in [9.17, 15) is 30.8 Å². The lowest BCUT2D eigenvalue weighted by Crippen LogP contribution is -2.20. The predicted molar refractivity (Wildman–Crippen MR) is 90.4 cm³/mol. The Morgan fingerprint density at radius 1 is 1.14 bits per heavy atom. The highest BCUT2D eigenvalue weighted by Crippen LogP contribution is 2.48. The minimum Gasteiger partial charge on any atom is -0.404 e. The summed E-state index contributed by atoms with van der Waals surface area (Å²) in [5.74, 6) is -2.96. The largest absolute Gasteiger partial charge is 0.573 e. The van der Waals surface area contributed by atoms with Gasteiger partial charge in [0.25, 0.3) is 0 Å². The fourth-order valence-corrected chi connectivity index (χ4v) is 3.31. The van der Waals surface area contributed by atoms with Crippen molar-refractivity contribution in [1.82, 2.24) is 0 Å². The molecule has 2 atom stereocenters. The van der Waals surface area contributed by atoms with E-state index in [0.29, 0.717) is 12.0 Å². The second-order valence-electron chi connectivity index (χ2n) is 6.24. The van der Waals surface area contributed by atoms with Crippen LogP contribution in [0.15, 0.2) is 47.4 Å². The number of rotatable bonds is 5. The number of carbonyl (C=O) groups excluding carboxylic acids is 1. The summed E-state index contributed by atoms with van der Waals surface area (Å²) in [5, 5.41) is 7.27. The maximum Gasteiger partial charge on any atom is 0.573 e. The fraction of sp³-hybridized carbons (Fsp3) is 0.235. The van der Waals surface area contributed by atoms with E-state index in [4.69, 9.17) is 5.14 Å². The van der Waals surface area contributed by atoms with E-state index < -0.39 is 45.5 Å². The number of primary sulfonamides is 1. The van der Waals surface area contributed by atoms with Crippen molar-refractivity contribution in [2.75, 3.05) is 5.32 Å². The number of hydrogen-bond donors (Lipinski definition) is 2.